The molecular weight excluding hydrogens is 336 g/mol. The Morgan fingerprint density at radius 1 is 1.28 bits per heavy atom. The highest BCUT2D eigenvalue weighted by Crippen LogP contribution is 2.29. The van der Waals surface area contributed by atoms with Crippen LogP contribution in [0.2, 0.25) is 0 Å². The van der Waals surface area contributed by atoms with Gasteiger partial charge in [-0.15, -0.1) is 11.3 Å². The predicted molar refractivity (Wildman–Crippen MR) is 98.3 cm³/mol. The number of benzene rings is 1. The summed E-state index contributed by atoms with van der Waals surface area (Å²) < 4.78 is 11.1. The summed E-state index contributed by atoms with van der Waals surface area (Å²) >= 11 is 1.53. The van der Waals surface area contributed by atoms with E-state index < -0.39 is 0 Å². The number of nitrogens with one attached hydrogen (secondary N) is 1. The van der Waals surface area contributed by atoms with Gasteiger partial charge in [0.15, 0.2) is 11.5 Å². The Labute approximate surface area is 152 Å². The number of hydrogen-bond donors (Lipinski definition) is 1. The maximum Gasteiger partial charge on any atom is 0.251 e. The van der Waals surface area contributed by atoms with Crippen LogP contribution >= 0.6 is 11.3 Å². The molecule has 3 rings (SSSR count). The van der Waals surface area contributed by atoms with Gasteiger partial charge in [-0.25, -0.2) is 4.98 Å². The van der Waals surface area contributed by atoms with E-state index in [1.807, 2.05) is 5.38 Å². The second-order valence-electron chi connectivity index (χ2n) is 6.56. The van der Waals surface area contributed by atoms with Crippen LogP contribution < -0.4 is 14.8 Å². The second-order valence-corrected chi connectivity index (χ2v) is 7.28. The molecule has 0 aliphatic heterocycles. The molecule has 1 amide bonds. The summed E-state index contributed by atoms with van der Waals surface area (Å²) in [6, 6.07) is 5.56. The van der Waals surface area contributed by atoms with Gasteiger partial charge < -0.3 is 14.8 Å². The summed E-state index contributed by atoms with van der Waals surface area (Å²) in [5.74, 6) is 1.88. The Hall–Kier alpha value is -2.08. The van der Waals surface area contributed by atoms with Gasteiger partial charge in [0.25, 0.3) is 5.91 Å². The molecule has 1 N–H and O–H groups in total. The van der Waals surface area contributed by atoms with Crippen molar-refractivity contribution in [2.45, 2.75) is 45.3 Å². The van der Waals surface area contributed by atoms with Gasteiger partial charge >= 0.3 is 0 Å². The number of hydrogen-bond acceptors (Lipinski definition) is 5. The molecule has 1 aromatic heterocycles. The number of methoxy groups -OCH3 is 1. The smallest absolute Gasteiger partial charge is 0.251 e. The Bertz CT molecular complexity index is 695. The fourth-order valence-electron chi connectivity index (χ4n) is 3.06. The molecule has 25 heavy (non-hydrogen) atoms. The Morgan fingerprint density at radius 3 is 2.76 bits per heavy atom. The molecule has 0 bridgehead atoms. The third-order valence-electron chi connectivity index (χ3n) is 4.64. The van der Waals surface area contributed by atoms with Gasteiger partial charge in [0, 0.05) is 17.0 Å². The maximum absolute atomic E-state index is 12.5. The van der Waals surface area contributed by atoms with E-state index in [4.69, 9.17) is 9.47 Å². The molecule has 1 aliphatic carbocycles. The van der Waals surface area contributed by atoms with Crippen LogP contribution in [0.4, 0.5) is 0 Å². The minimum absolute atomic E-state index is 0.0519. The molecule has 2 aromatic rings. The third kappa shape index (κ3) is 4.72. The molecular formula is C19H24N2O3S. The molecule has 0 saturated heterocycles. The lowest BCUT2D eigenvalue weighted by Crippen LogP contribution is -2.37. The molecule has 0 atom stereocenters. The molecule has 1 heterocycles. The molecule has 6 heteroatoms. The first-order valence-corrected chi connectivity index (χ1v) is 9.58. The van der Waals surface area contributed by atoms with Gasteiger partial charge in [0.05, 0.1) is 18.3 Å². The molecule has 5 nitrogen and oxygen atoms in total. The highest BCUT2D eigenvalue weighted by molar-refractivity contribution is 7.07. The van der Waals surface area contributed by atoms with Gasteiger partial charge in [0.1, 0.15) is 6.61 Å². The lowest BCUT2D eigenvalue weighted by atomic mass is 9.87. The lowest BCUT2D eigenvalue weighted by Gasteiger charge is -2.27. The zero-order chi connectivity index (χ0) is 17.6. The molecule has 1 saturated carbocycles. The average molecular weight is 360 g/mol. The second kappa shape index (κ2) is 8.34. The number of aromatic nitrogens is 1. The maximum atomic E-state index is 12.5. The van der Waals surface area contributed by atoms with E-state index in [0.717, 1.165) is 24.5 Å². The lowest BCUT2D eigenvalue weighted by molar-refractivity contribution is 0.0922. The van der Waals surface area contributed by atoms with E-state index in [2.05, 4.69) is 17.2 Å². The number of rotatable bonds is 6. The topological polar surface area (TPSA) is 60.5 Å². The number of carbonyl (C=O) groups excluding carboxylic acids is 1. The van der Waals surface area contributed by atoms with Crippen LogP contribution in [0.1, 0.15) is 48.7 Å². The van der Waals surface area contributed by atoms with E-state index in [9.17, 15) is 4.79 Å². The van der Waals surface area contributed by atoms with Crippen LogP contribution in [0.25, 0.3) is 0 Å². The Morgan fingerprint density at radius 2 is 2.08 bits per heavy atom. The minimum atomic E-state index is -0.0519. The van der Waals surface area contributed by atoms with Crippen molar-refractivity contribution in [2.24, 2.45) is 5.92 Å². The van der Waals surface area contributed by atoms with Gasteiger partial charge in [-0.2, -0.15) is 0 Å². The van der Waals surface area contributed by atoms with Gasteiger partial charge in [0.2, 0.25) is 0 Å². The van der Waals surface area contributed by atoms with Gasteiger partial charge in [-0.1, -0.05) is 6.92 Å². The highest BCUT2D eigenvalue weighted by atomic mass is 32.1. The van der Waals surface area contributed by atoms with Crippen LogP contribution in [0.3, 0.4) is 0 Å². The minimum Gasteiger partial charge on any atom is -0.493 e. The summed E-state index contributed by atoms with van der Waals surface area (Å²) in [5, 5.41) is 5.08. The number of thiazole rings is 1. The summed E-state index contributed by atoms with van der Waals surface area (Å²) in [5.41, 5.74) is 3.24. The van der Waals surface area contributed by atoms with Crippen molar-refractivity contribution in [3.8, 4) is 11.5 Å². The van der Waals surface area contributed by atoms with E-state index in [0.29, 0.717) is 23.7 Å². The molecule has 0 unspecified atom stereocenters. The molecule has 134 valence electrons. The van der Waals surface area contributed by atoms with Crippen LogP contribution in [0, 0.1) is 5.92 Å². The number of carbonyl (C=O) groups is 1. The molecule has 1 aliphatic rings. The summed E-state index contributed by atoms with van der Waals surface area (Å²) in [4.78, 5) is 16.7. The van der Waals surface area contributed by atoms with E-state index in [1.165, 1.54) is 24.2 Å². The van der Waals surface area contributed by atoms with Crippen LogP contribution in [0.15, 0.2) is 29.1 Å². The van der Waals surface area contributed by atoms with Crippen molar-refractivity contribution in [1.82, 2.24) is 10.3 Å². The summed E-state index contributed by atoms with van der Waals surface area (Å²) in [6.07, 6.45) is 4.47. The van der Waals surface area contributed by atoms with Crippen LogP contribution in [-0.2, 0) is 6.61 Å². The van der Waals surface area contributed by atoms with E-state index >= 15 is 0 Å². The first kappa shape index (κ1) is 17.7. The van der Waals surface area contributed by atoms with Crippen LogP contribution in [0.5, 0.6) is 11.5 Å². The monoisotopic (exact) mass is 360 g/mol. The molecule has 0 spiro atoms. The van der Waals surface area contributed by atoms with Crippen LogP contribution in [-0.4, -0.2) is 24.0 Å². The van der Waals surface area contributed by atoms with Gasteiger partial charge in [-0.3, -0.25) is 4.79 Å². The predicted octanol–water partition coefficient (Wildman–Crippen LogP) is 4.04. The zero-order valence-corrected chi connectivity index (χ0v) is 15.5. The average Bonchev–Trinajstić information content (AvgIpc) is 3.15. The largest absolute Gasteiger partial charge is 0.493 e. The zero-order valence-electron chi connectivity index (χ0n) is 14.7. The third-order valence-corrected chi connectivity index (χ3v) is 5.27. The Kier molecular flexibility index (Phi) is 5.91. The first-order valence-electron chi connectivity index (χ1n) is 8.64. The van der Waals surface area contributed by atoms with E-state index in [-0.39, 0.29) is 11.9 Å². The van der Waals surface area contributed by atoms with Gasteiger partial charge in [-0.05, 0) is 49.8 Å². The Balaban J connectivity index is 1.62. The standard InChI is InChI=1S/C19H24N2O3S/c1-13-3-6-15(7-4-13)21-19(22)14-5-8-17(18(9-14)23-2)24-10-16-11-25-12-20-16/h5,8-9,11-13,15H,3-4,6-7,10H2,1-2H3,(H,21,22). The fraction of sp³-hybridized carbons (Fsp3) is 0.474. The fourth-order valence-corrected chi connectivity index (χ4v) is 3.60. The molecule has 1 fully saturated rings. The summed E-state index contributed by atoms with van der Waals surface area (Å²) in [6.45, 7) is 2.65. The highest BCUT2D eigenvalue weighted by Gasteiger charge is 2.21. The first-order chi connectivity index (χ1) is 12.2. The van der Waals surface area contributed by atoms with Crippen molar-refractivity contribution in [3.63, 3.8) is 0 Å². The van der Waals surface area contributed by atoms with E-state index in [1.54, 1.807) is 30.8 Å². The summed E-state index contributed by atoms with van der Waals surface area (Å²) in [7, 11) is 1.58. The van der Waals surface area contributed by atoms with Crippen molar-refractivity contribution in [3.05, 3.63) is 40.3 Å². The van der Waals surface area contributed by atoms with Crippen molar-refractivity contribution < 1.29 is 14.3 Å². The quantitative estimate of drug-likeness (QED) is 0.844. The molecule has 1 aromatic carbocycles. The molecule has 0 radical (unpaired) electrons. The number of nitrogens with zero attached hydrogens (tertiary/aromatic N) is 1. The SMILES string of the molecule is COc1cc(C(=O)NC2CCC(C)CC2)ccc1OCc1cscn1. The normalized spacial score (nSPS) is 20.1. The van der Waals surface area contributed by atoms with Crippen molar-refractivity contribution in [2.75, 3.05) is 7.11 Å². The number of ether oxygens (including phenoxy) is 2. The van der Waals surface area contributed by atoms with Crippen molar-refractivity contribution in [1.29, 1.82) is 0 Å². The number of amides is 1. The van der Waals surface area contributed by atoms with Crippen molar-refractivity contribution >= 4 is 17.2 Å².